The van der Waals surface area contributed by atoms with E-state index in [4.69, 9.17) is 33.2 Å². The molecule has 11 heteroatoms. The molecule has 54 heavy (non-hydrogen) atoms. The number of carbonyl (C=O) groups is 2. The summed E-state index contributed by atoms with van der Waals surface area (Å²) in [7, 11) is 8.32. The Morgan fingerprint density at radius 1 is 0.685 bits per heavy atom. The van der Waals surface area contributed by atoms with E-state index in [2.05, 4.69) is 4.90 Å². The van der Waals surface area contributed by atoms with Gasteiger partial charge < -0.3 is 38.1 Å². The lowest BCUT2D eigenvalue weighted by atomic mass is 9.73. The van der Waals surface area contributed by atoms with E-state index in [1.54, 1.807) is 40.3 Å². The van der Waals surface area contributed by atoms with E-state index in [0.29, 0.717) is 59.5 Å². The van der Waals surface area contributed by atoms with Crippen LogP contribution in [0.4, 0.5) is 0 Å². The zero-order valence-electron chi connectivity index (χ0n) is 32.2. The lowest BCUT2D eigenvalue weighted by Crippen LogP contribution is -2.67. The van der Waals surface area contributed by atoms with Gasteiger partial charge in [0.15, 0.2) is 29.0 Å². The maximum Gasteiger partial charge on any atom is 0.333 e. The van der Waals surface area contributed by atoms with Crippen LogP contribution in [-0.2, 0) is 40.4 Å². The van der Waals surface area contributed by atoms with Gasteiger partial charge >= 0.3 is 5.97 Å². The first kappa shape index (κ1) is 36.9. The van der Waals surface area contributed by atoms with Gasteiger partial charge in [0, 0.05) is 39.8 Å². The molecule has 0 spiro atoms. The number of hydrogen-bond acceptors (Lipinski definition) is 10. The zero-order valence-corrected chi connectivity index (χ0v) is 32.2. The summed E-state index contributed by atoms with van der Waals surface area (Å²) in [4.78, 5) is 33.2. The second-order valence-corrected chi connectivity index (χ2v) is 13.9. The molecule has 2 bridgehead atoms. The highest BCUT2D eigenvalue weighted by atomic mass is 16.5. The van der Waals surface area contributed by atoms with Gasteiger partial charge in [0.2, 0.25) is 5.91 Å². The Balaban J connectivity index is 1.46. The van der Waals surface area contributed by atoms with Gasteiger partial charge in [0.05, 0.1) is 53.2 Å². The van der Waals surface area contributed by atoms with Crippen LogP contribution in [0.25, 0.3) is 0 Å². The fourth-order valence-electron chi connectivity index (χ4n) is 8.79. The third-order valence-electron chi connectivity index (χ3n) is 11.1. The minimum absolute atomic E-state index is 0.127. The number of benzene rings is 4. The van der Waals surface area contributed by atoms with Gasteiger partial charge in [-0.05, 0) is 45.4 Å². The number of carbonyl (C=O) groups excluding carboxylic acids is 2. The van der Waals surface area contributed by atoms with Crippen LogP contribution in [0.5, 0.6) is 34.5 Å². The average Bonchev–Trinajstić information content (AvgIpc) is 3.18. The highest BCUT2D eigenvalue weighted by Gasteiger charge is 2.58. The number of esters is 1. The Hall–Kier alpha value is -5.42. The quantitative estimate of drug-likeness (QED) is 0.151. The molecule has 3 aliphatic rings. The van der Waals surface area contributed by atoms with Gasteiger partial charge in [-0.1, -0.05) is 60.7 Å². The van der Waals surface area contributed by atoms with E-state index in [9.17, 15) is 4.79 Å². The van der Waals surface area contributed by atoms with Gasteiger partial charge in [-0.15, -0.1) is 0 Å². The van der Waals surface area contributed by atoms with Gasteiger partial charge in [-0.3, -0.25) is 9.69 Å². The summed E-state index contributed by atoms with van der Waals surface area (Å²) >= 11 is 0. The molecule has 0 radical (unpaired) electrons. The molecule has 1 amide bonds. The van der Waals surface area contributed by atoms with E-state index >= 15 is 4.79 Å². The molecule has 0 aromatic heterocycles. The highest BCUT2D eigenvalue weighted by Crippen LogP contribution is 2.58. The number of piperazine rings is 1. The molecule has 1 saturated heterocycles. The second kappa shape index (κ2) is 15.1. The van der Waals surface area contributed by atoms with Crippen LogP contribution in [0.15, 0.2) is 60.7 Å². The summed E-state index contributed by atoms with van der Waals surface area (Å²) in [5.74, 6) is 2.43. The molecule has 1 fully saturated rings. The first-order chi connectivity index (χ1) is 26.2. The Labute approximate surface area is 316 Å². The molecular weight excluding hydrogens is 688 g/mol. The number of fused-ring (bicyclic) bond motifs is 7. The molecule has 0 aliphatic carbocycles. The summed E-state index contributed by atoms with van der Waals surface area (Å²) in [5, 5.41) is 0. The number of ether oxygens (including phenoxy) is 7. The lowest BCUT2D eigenvalue weighted by molar-refractivity contribution is -0.169. The van der Waals surface area contributed by atoms with Crippen molar-refractivity contribution in [1.29, 1.82) is 0 Å². The normalized spacial score (nSPS) is 19.9. The van der Waals surface area contributed by atoms with Crippen molar-refractivity contribution >= 4 is 11.9 Å². The monoisotopic (exact) mass is 736 g/mol. The molecule has 7 rings (SSSR count). The standard InChI is InChI=1S/C43H48N2O9/c1-9-52-43(47)35-33-28(36(24(2)39(49-6)41(33)51-8)53-22-26-16-12-10-13-17-26)20-30-34-32-29(21-31(44(34)4)42(46)45(30)35)37(25(3)38(48-5)40(32)50-7)54-23-27-18-14-11-15-19-27/h10-19,30-31,34-35H,9,20-23H2,1-8H3/t30-,31-,34-,35-/m0/s1. The topological polar surface area (TPSA) is 105 Å². The Bertz CT molecular complexity index is 2050. The Morgan fingerprint density at radius 2 is 1.17 bits per heavy atom. The number of hydrogen-bond donors (Lipinski definition) is 0. The predicted octanol–water partition coefficient (Wildman–Crippen LogP) is 6.46. The van der Waals surface area contributed by atoms with E-state index in [-0.39, 0.29) is 19.1 Å². The summed E-state index contributed by atoms with van der Waals surface area (Å²) in [6, 6.07) is 17.1. The van der Waals surface area contributed by atoms with Crippen molar-refractivity contribution in [3.8, 4) is 34.5 Å². The van der Waals surface area contributed by atoms with Crippen LogP contribution in [0, 0.1) is 13.8 Å². The zero-order chi connectivity index (χ0) is 38.3. The first-order valence-electron chi connectivity index (χ1n) is 18.3. The van der Waals surface area contributed by atoms with Crippen LogP contribution in [0.1, 0.15) is 63.5 Å². The van der Waals surface area contributed by atoms with E-state index in [1.165, 1.54) is 0 Å². The summed E-state index contributed by atoms with van der Waals surface area (Å²) < 4.78 is 43.3. The fourth-order valence-corrected chi connectivity index (χ4v) is 8.79. The second-order valence-electron chi connectivity index (χ2n) is 13.9. The molecule has 4 aromatic rings. The number of likely N-dealkylation sites (N-methyl/N-ethyl adjacent to an activating group) is 1. The smallest absolute Gasteiger partial charge is 0.333 e. The third-order valence-corrected chi connectivity index (χ3v) is 11.1. The van der Waals surface area contributed by atoms with Crippen LogP contribution < -0.4 is 28.4 Å². The maximum atomic E-state index is 15.1. The fraction of sp³-hybridized carbons (Fsp3) is 0.395. The van der Waals surface area contributed by atoms with Gasteiger partial charge in [-0.2, -0.15) is 0 Å². The molecule has 4 atom stereocenters. The largest absolute Gasteiger partial charge is 0.492 e. The van der Waals surface area contributed by atoms with Crippen molar-refractivity contribution in [2.24, 2.45) is 0 Å². The molecule has 0 saturated carbocycles. The summed E-state index contributed by atoms with van der Waals surface area (Å²) in [5.41, 5.74) is 6.53. The number of amides is 1. The van der Waals surface area contributed by atoms with Crippen molar-refractivity contribution in [3.05, 3.63) is 105 Å². The molecule has 284 valence electrons. The first-order valence-corrected chi connectivity index (χ1v) is 18.3. The van der Waals surface area contributed by atoms with Crippen molar-refractivity contribution in [2.45, 2.75) is 71.0 Å². The molecule has 11 nitrogen and oxygen atoms in total. The number of rotatable bonds is 12. The SMILES string of the molecule is CCOC(=O)[C@@H]1c2c(c(OCc3ccccc3)c(C)c(OC)c2OC)C[C@H]2[C@H]3c4c(c(OCc5ccccc5)c(C)c(OC)c4OC)C[C@@H](C(=O)N12)N3C. The van der Waals surface area contributed by atoms with E-state index < -0.39 is 30.1 Å². The van der Waals surface area contributed by atoms with Crippen LogP contribution in [0.3, 0.4) is 0 Å². The maximum absolute atomic E-state index is 15.1. The predicted molar refractivity (Wildman–Crippen MR) is 202 cm³/mol. The van der Waals surface area contributed by atoms with E-state index in [1.807, 2.05) is 81.6 Å². The van der Waals surface area contributed by atoms with Crippen molar-refractivity contribution in [3.63, 3.8) is 0 Å². The van der Waals surface area contributed by atoms with Crippen LogP contribution in [-0.4, -0.2) is 75.9 Å². The molecule has 0 unspecified atom stereocenters. The van der Waals surface area contributed by atoms with Crippen LogP contribution >= 0.6 is 0 Å². The highest BCUT2D eigenvalue weighted by molar-refractivity contribution is 5.93. The molecule has 4 aromatic carbocycles. The average molecular weight is 737 g/mol. The van der Waals surface area contributed by atoms with Crippen molar-refractivity contribution < 1.29 is 42.7 Å². The molecule has 0 N–H and O–H groups in total. The summed E-state index contributed by atoms with van der Waals surface area (Å²) in [6.07, 6.45) is 0.668. The Morgan fingerprint density at radius 3 is 1.65 bits per heavy atom. The van der Waals surface area contributed by atoms with Crippen molar-refractivity contribution in [1.82, 2.24) is 9.80 Å². The van der Waals surface area contributed by atoms with Crippen molar-refractivity contribution in [2.75, 3.05) is 42.1 Å². The molecule has 3 heterocycles. The van der Waals surface area contributed by atoms with Crippen LogP contribution in [0.2, 0.25) is 0 Å². The number of nitrogens with zero attached hydrogens (tertiary/aromatic N) is 2. The molecule has 3 aliphatic heterocycles. The molecular formula is C43H48N2O9. The Kier molecular flexibility index (Phi) is 10.3. The summed E-state index contributed by atoms with van der Waals surface area (Å²) in [6.45, 7) is 6.37. The minimum atomic E-state index is -1.14. The van der Waals surface area contributed by atoms with E-state index in [0.717, 1.165) is 38.9 Å². The number of methoxy groups -OCH3 is 4. The lowest BCUT2D eigenvalue weighted by Gasteiger charge is -2.57. The minimum Gasteiger partial charge on any atom is -0.492 e. The van der Waals surface area contributed by atoms with Gasteiger partial charge in [0.1, 0.15) is 24.7 Å². The van der Waals surface area contributed by atoms with Gasteiger partial charge in [0.25, 0.3) is 0 Å². The van der Waals surface area contributed by atoms with Gasteiger partial charge in [-0.25, -0.2) is 4.79 Å². The third kappa shape index (κ3) is 5.95.